The Morgan fingerprint density at radius 3 is 2.53 bits per heavy atom. The van der Waals surface area contributed by atoms with Gasteiger partial charge in [-0.25, -0.2) is 0 Å². The van der Waals surface area contributed by atoms with E-state index in [0.717, 1.165) is 6.54 Å². The number of methoxy groups -OCH3 is 2. The van der Waals surface area contributed by atoms with Gasteiger partial charge in [0, 0.05) is 51.0 Å². The molecule has 2 aromatic rings. The van der Waals surface area contributed by atoms with E-state index in [-0.39, 0.29) is 6.29 Å². The van der Waals surface area contributed by atoms with Crippen LogP contribution in [0, 0.1) is 6.92 Å². The maximum absolute atomic E-state index is 5.17. The highest BCUT2D eigenvalue weighted by Gasteiger charge is 2.11. The Kier molecular flexibility index (Phi) is 4.58. The smallest absolute Gasteiger partial charge is 0.169 e. The van der Waals surface area contributed by atoms with Gasteiger partial charge in [-0.1, -0.05) is 18.2 Å². The van der Waals surface area contributed by atoms with Crippen LogP contribution in [0.5, 0.6) is 0 Å². The maximum Gasteiger partial charge on any atom is 0.169 e. The summed E-state index contributed by atoms with van der Waals surface area (Å²) in [5, 5.41) is 4.69. The Morgan fingerprint density at radius 2 is 1.89 bits per heavy atom. The number of aryl methyl sites for hydroxylation is 2. The van der Waals surface area contributed by atoms with E-state index in [9.17, 15) is 0 Å². The summed E-state index contributed by atoms with van der Waals surface area (Å²) >= 11 is 0. The lowest BCUT2D eigenvalue weighted by atomic mass is 10.1. The summed E-state index contributed by atoms with van der Waals surface area (Å²) in [6.45, 7) is 3.65. The zero-order valence-corrected chi connectivity index (χ0v) is 12.1. The first-order valence-electron chi connectivity index (χ1n) is 6.48. The summed E-state index contributed by atoms with van der Waals surface area (Å²) in [5.74, 6) is 0. The van der Waals surface area contributed by atoms with Crippen LogP contribution in [0.25, 0.3) is 10.9 Å². The van der Waals surface area contributed by atoms with Gasteiger partial charge in [-0.05, 0) is 18.6 Å². The standard InChI is InChI=1S/C15H22N2O2/c1-11-12-7-5-6-8-13(12)17(2)14(11)9-16-10-15(18-3)19-4/h5-8,15-16H,9-10H2,1-4H3. The Labute approximate surface area is 114 Å². The summed E-state index contributed by atoms with van der Waals surface area (Å²) in [6, 6.07) is 8.48. The van der Waals surface area contributed by atoms with Crippen LogP contribution in [-0.2, 0) is 23.1 Å². The van der Waals surface area contributed by atoms with Crippen molar-refractivity contribution in [2.45, 2.75) is 19.8 Å². The molecule has 0 aliphatic carbocycles. The van der Waals surface area contributed by atoms with Gasteiger partial charge in [0.05, 0.1) is 0 Å². The van der Waals surface area contributed by atoms with Crippen LogP contribution in [0.1, 0.15) is 11.3 Å². The molecule has 0 spiro atoms. The van der Waals surface area contributed by atoms with E-state index < -0.39 is 0 Å². The number of rotatable bonds is 6. The van der Waals surface area contributed by atoms with Gasteiger partial charge in [0.1, 0.15) is 0 Å². The van der Waals surface area contributed by atoms with E-state index in [4.69, 9.17) is 9.47 Å². The van der Waals surface area contributed by atoms with Gasteiger partial charge < -0.3 is 19.4 Å². The Balaban J connectivity index is 2.13. The Bertz CT molecular complexity index is 505. The normalized spacial score (nSPS) is 11.6. The van der Waals surface area contributed by atoms with Crippen molar-refractivity contribution in [2.24, 2.45) is 7.05 Å². The summed E-state index contributed by atoms with van der Waals surface area (Å²) in [4.78, 5) is 0. The highest BCUT2D eigenvalue weighted by Crippen LogP contribution is 2.24. The van der Waals surface area contributed by atoms with E-state index >= 15 is 0 Å². The van der Waals surface area contributed by atoms with Crippen LogP contribution in [-0.4, -0.2) is 31.6 Å². The largest absolute Gasteiger partial charge is 0.355 e. The SMILES string of the molecule is COC(CNCc1c(C)c2ccccc2n1C)OC. The second kappa shape index (κ2) is 6.19. The molecule has 0 bridgehead atoms. The van der Waals surface area contributed by atoms with Crippen molar-refractivity contribution in [3.05, 3.63) is 35.5 Å². The molecule has 4 heteroatoms. The Hall–Kier alpha value is -1.36. The van der Waals surface area contributed by atoms with Gasteiger partial charge in [-0.15, -0.1) is 0 Å². The Morgan fingerprint density at radius 1 is 1.21 bits per heavy atom. The number of para-hydroxylation sites is 1. The van der Waals surface area contributed by atoms with Crippen molar-refractivity contribution in [2.75, 3.05) is 20.8 Å². The van der Waals surface area contributed by atoms with Crippen molar-refractivity contribution in [3.8, 4) is 0 Å². The van der Waals surface area contributed by atoms with Crippen LogP contribution in [0.4, 0.5) is 0 Å². The first-order valence-corrected chi connectivity index (χ1v) is 6.48. The average molecular weight is 262 g/mol. The number of fused-ring (bicyclic) bond motifs is 1. The van der Waals surface area contributed by atoms with E-state index in [1.807, 2.05) is 0 Å². The van der Waals surface area contributed by atoms with Crippen LogP contribution < -0.4 is 5.32 Å². The van der Waals surface area contributed by atoms with Gasteiger partial charge in [-0.3, -0.25) is 0 Å². The summed E-state index contributed by atoms with van der Waals surface area (Å²) in [5.41, 5.74) is 3.90. The number of aromatic nitrogens is 1. The molecule has 1 heterocycles. The molecular weight excluding hydrogens is 240 g/mol. The molecule has 2 rings (SSSR count). The summed E-state index contributed by atoms with van der Waals surface area (Å²) in [6.07, 6.45) is -0.199. The number of nitrogens with one attached hydrogen (secondary N) is 1. The van der Waals surface area contributed by atoms with Crippen molar-refractivity contribution in [3.63, 3.8) is 0 Å². The predicted molar refractivity (Wildman–Crippen MR) is 77.2 cm³/mol. The minimum Gasteiger partial charge on any atom is -0.355 e. The lowest BCUT2D eigenvalue weighted by Gasteiger charge is -2.14. The zero-order chi connectivity index (χ0) is 13.8. The van der Waals surface area contributed by atoms with Gasteiger partial charge in [0.2, 0.25) is 0 Å². The highest BCUT2D eigenvalue weighted by molar-refractivity contribution is 5.85. The number of benzene rings is 1. The molecule has 0 aliphatic heterocycles. The first-order chi connectivity index (χ1) is 9.19. The van der Waals surface area contributed by atoms with E-state index in [1.165, 1.54) is 22.2 Å². The summed E-state index contributed by atoms with van der Waals surface area (Å²) in [7, 11) is 5.41. The fraction of sp³-hybridized carbons (Fsp3) is 0.467. The predicted octanol–water partition coefficient (Wildman–Crippen LogP) is 2.20. The first kappa shape index (κ1) is 14.1. The lowest BCUT2D eigenvalue weighted by molar-refractivity contribution is -0.0989. The molecule has 0 aliphatic rings. The molecule has 4 nitrogen and oxygen atoms in total. The molecule has 1 aromatic heterocycles. The fourth-order valence-electron chi connectivity index (χ4n) is 2.46. The van der Waals surface area contributed by atoms with E-state index in [2.05, 4.69) is 48.1 Å². The zero-order valence-electron chi connectivity index (χ0n) is 12.1. The number of hydrogen-bond donors (Lipinski definition) is 1. The van der Waals surface area contributed by atoms with E-state index in [1.54, 1.807) is 14.2 Å². The van der Waals surface area contributed by atoms with Crippen LogP contribution in [0.3, 0.4) is 0 Å². The third-order valence-electron chi connectivity index (χ3n) is 3.64. The van der Waals surface area contributed by atoms with Crippen molar-refractivity contribution in [1.29, 1.82) is 0 Å². The molecule has 0 unspecified atom stereocenters. The van der Waals surface area contributed by atoms with Crippen molar-refractivity contribution in [1.82, 2.24) is 9.88 Å². The van der Waals surface area contributed by atoms with Gasteiger partial charge >= 0.3 is 0 Å². The molecule has 0 amide bonds. The molecule has 1 aromatic carbocycles. The lowest BCUT2D eigenvalue weighted by Crippen LogP contribution is -2.30. The average Bonchev–Trinajstić information content (AvgIpc) is 2.69. The molecule has 0 radical (unpaired) electrons. The molecule has 104 valence electrons. The third kappa shape index (κ3) is 2.81. The van der Waals surface area contributed by atoms with Crippen LogP contribution in [0.15, 0.2) is 24.3 Å². The van der Waals surface area contributed by atoms with Crippen LogP contribution >= 0.6 is 0 Å². The molecule has 0 saturated carbocycles. The minimum atomic E-state index is -0.199. The third-order valence-corrected chi connectivity index (χ3v) is 3.64. The van der Waals surface area contributed by atoms with Crippen molar-refractivity contribution < 1.29 is 9.47 Å². The topological polar surface area (TPSA) is 35.4 Å². The van der Waals surface area contributed by atoms with Crippen LogP contribution in [0.2, 0.25) is 0 Å². The summed E-state index contributed by atoms with van der Waals surface area (Å²) < 4.78 is 12.6. The second-order valence-electron chi connectivity index (χ2n) is 4.68. The maximum atomic E-state index is 5.17. The molecule has 0 saturated heterocycles. The monoisotopic (exact) mass is 262 g/mol. The number of ether oxygens (including phenoxy) is 2. The molecule has 19 heavy (non-hydrogen) atoms. The molecule has 0 fully saturated rings. The van der Waals surface area contributed by atoms with Gasteiger partial charge in [0.15, 0.2) is 6.29 Å². The quantitative estimate of drug-likeness (QED) is 0.811. The van der Waals surface area contributed by atoms with Gasteiger partial charge in [-0.2, -0.15) is 0 Å². The van der Waals surface area contributed by atoms with E-state index in [0.29, 0.717) is 6.54 Å². The molecular formula is C15H22N2O2. The number of nitrogens with zero attached hydrogens (tertiary/aromatic N) is 1. The van der Waals surface area contributed by atoms with Gasteiger partial charge in [0.25, 0.3) is 0 Å². The highest BCUT2D eigenvalue weighted by atomic mass is 16.7. The number of hydrogen-bond acceptors (Lipinski definition) is 3. The van der Waals surface area contributed by atoms with Crippen molar-refractivity contribution >= 4 is 10.9 Å². The second-order valence-corrected chi connectivity index (χ2v) is 4.68. The molecule has 0 atom stereocenters. The molecule has 1 N–H and O–H groups in total. The fourth-order valence-corrected chi connectivity index (χ4v) is 2.46. The minimum absolute atomic E-state index is 0.199.